The molecule has 2 aromatic heterocycles. The molecule has 102 valence electrons. The Kier molecular flexibility index (Phi) is 3.13. The van der Waals surface area contributed by atoms with Crippen molar-refractivity contribution in [2.45, 2.75) is 6.92 Å². The zero-order valence-electron chi connectivity index (χ0n) is 11.5. The first kappa shape index (κ1) is 12.9. The molecular formula is C16H13N5. The van der Waals surface area contributed by atoms with E-state index in [9.17, 15) is 5.26 Å². The molecule has 0 amide bonds. The number of para-hydroxylation sites is 1. The highest BCUT2D eigenvalue weighted by atomic mass is 15.0. The zero-order valence-corrected chi connectivity index (χ0v) is 11.5. The topological polar surface area (TPSA) is 87.6 Å². The maximum atomic E-state index is 9.18. The number of nitrogens with one attached hydrogen (secondary N) is 1. The molecule has 21 heavy (non-hydrogen) atoms. The monoisotopic (exact) mass is 275 g/mol. The van der Waals surface area contributed by atoms with Gasteiger partial charge in [-0.2, -0.15) is 5.26 Å². The summed E-state index contributed by atoms with van der Waals surface area (Å²) in [5.41, 5.74) is 9.11. The minimum Gasteiger partial charge on any atom is -0.397 e. The molecule has 0 aliphatic carbocycles. The molecule has 5 heteroatoms. The van der Waals surface area contributed by atoms with E-state index in [1.807, 2.05) is 37.3 Å². The van der Waals surface area contributed by atoms with Gasteiger partial charge in [-0.25, -0.2) is 4.98 Å². The highest BCUT2D eigenvalue weighted by Gasteiger charge is 2.08. The highest BCUT2D eigenvalue weighted by molar-refractivity contribution is 5.92. The van der Waals surface area contributed by atoms with Gasteiger partial charge in [-0.1, -0.05) is 18.2 Å². The lowest BCUT2D eigenvalue weighted by atomic mass is 10.1. The molecule has 0 atom stereocenters. The van der Waals surface area contributed by atoms with Crippen molar-refractivity contribution >= 4 is 28.1 Å². The van der Waals surface area contributed by atoms with E-state index < -0.39 is 0 Å². The van der Waals surface area contributed by atoms with Gasteiger partial charge in [0.05, 0.1) is 28.7 Å². The summed E-state index contributed by atoms with van der Waals surface area (Å²) < 4.78 is 0. The molecule has 0 spiro atoms. The van der Waals surface area contributed by atoms with Crippen LogP contribution in [0.5, 0.6) is 0 Å². The number of pyridine rings is 2. The second-order valence-corrected chi connectivity index (χ2v) is 4.73. The average molecular weight is 275 g/mol. The third-order valence-corrected chi connectivity index (χ3v) is 3.14. The fourth-order valence-electron chi connectivity index (χ4n) is 2.14. The van der Waals surface area contributed by atoms with E-state index in [2.05, 4.69) is 21.4 Å². The van der Waals surface area contributed by atoms with Crippen molar-refractivity contribution in [2.24, 2.45) is 0 Å². The van der Waals surface area contributed by atoms with E-state index in [1.165, 1.54) is 6.20 Å². The number of anilines is 3. The van der Waals surface area contributed by atoms with E-state index in [-0.39, 0.29) is 0 Å². The number of hydrogen-bond donors (Lipinski definition) is 2. The lowest BCUT2D eigenvalue weighted by Crippen LogP contribution is -2.00. The van der Waals surface area contributed by atoms with Gasteiger partial charge in [-0.05, 0) is 25.1 Å². The molecule has 1 aromatic carbocycles. The van der Waals surface area contributed by atoms with E-state index in [4.69, 9.17) is 5.73 Å². The normalized spacial score (nSPS) is 10.3. The van der Waals surface area contributed by atoms with Crippen LogP contribution in [0.1, 0.15) is 11.3 Å². The Labute approximate surface area is 122 Å². The number of nitrogens with zero attached hydrogens (tertiary/aromatic N) is 3. The van der Waals surface area contributed by atoms with Crippen LogP contribution in [0.3, 0.4) is 0 Å². The van der Waals surface area contributed by atoms with Crippen molar-refractivity contribution in [1.82, 2.24) is 9.97 Å². The molecule has 0 bridgehead atoms. The van der Waals surface area contributed by atoms with Gasteiger partial charge in [0.1, 0.15) is 11.9 Å². The number of aromatic nitrogens is 2. The van der Waals surface area contributed by atoms with Gasteiger partial charge < -0.3 is 11.1 Å². The van der Waals surface area contributed by atoms with Gasteiger partial charge in [-0.3, -0.25) is 4.98 Å². The standard InChI is InChI=1S/C16H13N5/c1-10-5-6-11-3-2-4-14(15(11)20-10)21-16-12(8-17)7-13(18)9-19-16/h2-7,9H,18H2,1H3,(H,19,21). The van der Waals surface area contributed by atoms with Gasteiger partial charge in [0, 0.05) is 11.1 Å². The Morgan fingerprint density at radius 3 is 2.90 bits per heavy atom. The van der Waals surface area contributed by atoms with E-state index in [1.54, 1.807) is 6.07 Å². The number of aryl methyl sites for hydroxylation is 1. The molecule has 0 unspecified atom stereocenters. The molecule has 0 saturated heterocycles. The lowest BCUT2D eigenvalue weighted by Gasteiger charge is -2.10. The van der Waals surface area contributed by atoms with Crippen LogP contribution in [0, 0.1) is 18.3 Å². The van der Waals surface area contributed by atoms with Gasteiger partial charge in [0.15, 0.2) is 0 Å². The number of nitrogen functional groups attached to an aromatic ring is 1. The Bertz CT molecular complexity index is 864. The van der Waals surface area contributed by atoms with Gasteiger partial charge >= 0.3 is 0 Å². The smallest absolute Gasteiger partial charge is 0.148 e. The van der Waals surface area contributed by atoms with E-state index in [0.29, 0.717) is 17.1 Å². The van der Waals surface area contributed by atoms with Gasteiger partial charge in [0.25, 0.3) is 0 Å². The van der Waals surface area contributed by atoms with Crippen LogP contribution in [-0.2, 0) is 0 Å². The predicted molar refractivity (Wildman–Crippen MR) is 83.1 cm³/mol. The second kappa shape index (κ2) is 5.10. The molecule has 5 nitrogen and oxygen atoms in total. The van der Waals surface area contributed by atoms with Crippen LogP contribution in [0.15, 0.2) is 42.6 Å². The molecule has 3 N–H and O–H groups in total. The van der Waals surface area contributed by atoms with E-state index in [0.717, 1.165) is 22.3 Å². The number of fused-ring (bicyclic) bond motifs is 1. The van der Waals surface area contributed by atoms with E-state index >= 15 is 0 Å². The summed E-state index contributed by atoms with van der Waals surface area (Å²) in [7, 11) is 0. The maximum Gasteiger partial charge on any atom is 0.148 e. The molecule has 0 saturated carbocycles. The number of hydrogen-bond acceptors (Lipinski definition) is 5. The fraction of sp³-hybridized carbons (Fsp3) is 0.0625. The third kappa shape index (κ3) is 2.47. The summed E-state index contributed by atoms with van der Waals surface area (Å²) in [6, 6.07) is 13.5. The van der Waals surface area contributed by atoms with Crippen LogP contribution < -0.4 is 11.1 Å². The van der Waals surface area contributed by atoms with Crippen LogP contribution in [0.4, 0.5) is 17.2 Å². The van der Waals surface area contributed by atoms with Crippen LogP contribution >= 0.6 is 0 Å². The summed E-state index contributed by atoms with van der Waals surface area (Å²) in [5, 5.41) is 13.4. The first-order valence-electron chi connectivity index (χ1n) is 6.46. The third-order valence-electron chi connectivity index (χ3n) is 3.14. The first-order chi connectivity index (χ1) is 10.2. The lowest BCUT2D eigenvalue weighted by molar-refractivity contribution is 1.25. The SMILES string of the molecule is Cc1ccc2cccc(Nc3ncc(N)cc3C#N)c2n1. The highest BCUT2D eigenvalue weighted by Crippen LogP contribution is 2.26. The zero-order chi connectivity index (χ0) is 14.8. The van der Waals surface area contributed by atoms with Crippen molar-refractivity contribution in [3.8, 4) is 6.07 Å². The molecule has 0 radical (unpaired) electrons. The molecule has 0 aliphatic rings. The van der Waals surface area contributed by atoms with Crippen LogP contribution in [0.2, 0.25) is 0 Å². The number of nitriles is 1. The Morgan fingerprint density at radius 2 is 2.10 bits per heavy atom. The summed E-state index contributed by atoms with van der Waals surface area (Å²) in [6.45, 7) is 1.94. The first-order valence-corrected chi connectivity index (χ1v) is 6.46. The van der Waals surface area contributed by atoms with Crippen LogP contribution in [0.25, 0.3) is 10.9 Å². The maximum absolute atomic E-state index is 9.18. The average Bonchev–Trinajstić information content (AvgIpc) is 2.49. The van der Waals surface area contributed by atoms with Gasteiger partial charge in [-0.15, -0.1) is 0 Å². The number of rotatable bonds is 2. The van der Waals surface area contributed by atoms with Crippen molar-refractivity contribution in [3.05, 3.63) is 53.9 Å². The molecule has 2 heterocycles. The predicted octanol–water partition coefficient (Wildman–Crippen LogP) is 3.14. The van der Waals surface area contributed by atoms with Gasteiger partial charge in [0.2, 0.25) is 0 Å². The minimum atomic E-state index is 0.402. The summed E-state index contributed by atoms with van der Waals surface area (Å²) in [5.74, 6) is 0.475. The minimum absolute atomic E-state index is 0.402. The van der Waals surface area contributed by atoms with Crippen molar-refractivity contribution < 1.29 is 0 Å². The molecule has 3 rings (SSSR count). The van der Waals surface area contributed by atoms with Crippen LogP contribution in [-0.4, -0.2) is 9.97 Å². The van der Waals surface area contributed by atoms with Crippen molar-refractivity contribution in [2.75, 3.05) is 11.1 Å². The molecule has 0 fully saturated rings. The summed E-state index contributed by atoms with van der Waals surface area (Å²) in [6.07, 6.45) is 1.52. The second-order valence-electron chi connectivity index (χ2n) is 4.73. The Balaban J connectivity index is 2.11. The number of nitrogens with two attached hydrogens (primary N) is 1. The summed E-state index contributed by atoms with van der Waals surface area (Å²) >= 11 is 0. The molecule has 3 aromatic rings. The fourth-order valence-corrected chi connectivity index (χ4v) is 2.14. The quantitative estimate of drug-likeness (QED) is 0.750. The Hall–Kier alpha value is -3.13. The molecular weight excluding hydrogens is 262 g/mol. The largest absolute Gasteiger partial charge is 0.397 e. The number of benzene rings is 1. The summed E-state index contributed by atoms with van der Waals surface area (Å²) in [4.78, 5) is 8.73. The Morgan fingerprint density at radius 1 is 1.24 bits per heavy atom. The van der Waals surface area contributed by atoms with Crippen molar-refractivity contribution in [3.63, 3.8) is 0 Å². The van der Waals surface area contributed by atoms with Crippen molar-refractivity contribution in [1.29, 1.82) is 5.26 Å². The molecule has 0 aliphatic heterocycles.